The van der Waals surface area contributed by atoms with Crippen molar-refractivity contribution in [3.05, 3.63) is 29.3 Å². The van der Waals surface area contributed by atoms with E-state index in [1.807, 2.05) is 20.8 Å². The number of hydrogen-bond donors (Lipinski definition) is 2. The molecule has 0 unspecified atom stereocenters. The summed E-state index contributed by atoms with van der Waals surface area (Å²) in [5.74, 6) is -1.06. The zero-order chi connectivity index (χ0) is 15.8. The molecule has 2 rings (SSSR count). The summed E-state index contributed by atoms with van der Waals surface area (Å²) in [4.78, 5) is 25.3. The van der Waals surface area contributed by atoms with Crippen molar-refractivity contribution in [1.29, 1.82) is 0 Å². The van der Waals surface area contributed by atoms with Gasteiger partial charge in [-0.15, -0.1) is 0 Å². The molecular weight excluding hydrogens is 268 g/mol. The van der Waals surface area contributed by atoms with Gasteiger partial charge in [-0.2, -0.15) is 0 Å². The Morgan fingerprint density at radius 2 is 2.00 bits per heavy atom. The van der Waals surface area contributed by atoms with Crippen LogP contribution in [0.5, 0.6) is 0 Å². The second-order valence-electron chi connectivity index (χ2n) is 6.59. The van der Waals surface area contributed by atoms with Gasteiger partial charge in [0.25, 0.3) is 0 Å². The lowest BCUT2D eigenvalue weighted by Crippen LogP contribution is -2.51. The average molecular weight is 290 g/mol. The van der Waals surface area contributed by atoms with Crippen LogP contribution >= 0.6 is 0 Å². The van der Waals surface area contributed by atoms with Crippen LogP contribution in [0.15, 0.2) is 18.2 Å². The number of benzene rings is 1. The zero-order valence-corrected chi connectivity index (χ0v) is 12.7. The molecule has 0 spiro atoms. The molecule has 0 radical (unpaired) electrons. The zero-order valence-electron chi connectivity index (χ0n) is 12.7. The van der Waals surface area contributed by atoms with Crippen molar-refractivity contribution >= 4 is 17.6 Å². The molecule has 0 fully saturated rings. The molecule has 1 aliphatic heterocycles. The van der Waals surface area contributed by atoms with Crippen molar-refractivity contribution < 1.29 is 14.7 Å². The number of fused-ring (bicyclic) bond motifs is 1. The number of hydrogen-bond acceptors (Lipinski definition) is 3. The van der Waals surface area contributed by atoms with Crippen LogP contribution in [0.3, 0.4) is 0 Å². The number of rotatable bonds is 2. The fraction of sp³-hybridized carbons (Fsp3) is 0.500. The number of aromatic carboxylic acids is 1. The van der Waals surface area contributed by atoms with E-state index in [1.54, 1.807) is 17.0 Å². The number of aryl methyl sites for hydroxylation is 1. The first-order valence-corrected chi connectivity index (χ1v) is 7.15. The van der Waals surface area contributed by atoms with Gasteiger partial charge >= 0.3 is 5.97 Å². The molecule has 1 aliphatic rings. The predicted octanol–water partition coefficient (Wildman–Crippen LogP) is 2.04. The number of carboxylic acid groups (broad SMARTS) is 1. The summed E-state index contributed by atoms with van der Waals surface area (Å²) in [7, 11) is 0. The van der Waals surface area contributed by atoms with E-state index >= 15 is 0 Å². The Morgan fingerprint density at radius 1 is 1.33 bits per heavy atom. The normalized spacial score (nSPS) is 16.3. The second-order valence-corrected chi connectivity index (χ2v) is 6.59. The smallest absolute Gasteiger partial charge is 0.335 e. The Balaban J connectivity index is 2.34. The molecule has 0 saturated heterocycles. The molecule has 0 bridgehead atoms. The first-order chi connectivity index (χ1) is 9.71. The summed E-state index contributed by atoms with van der Waals surface area (Å²) in [6.07, 6.45) is 1.60. The van der Waals surface area contributed by atoms with Gasteiger partial charge in [0.15, 0.2) is 0 Å². The van der Waals surface area contributed by atoms with Crippen molar-refractivity contribution in [3.8, 4) is 0 Å². The van der Waals surface area contributed by atoms with E-state index in [0.29, 0.717) is 6.54 Å². The van der Waals surface area contributed by atoms with Crippen LogP contribution in [0.25, 0.3) is 0 Å². The molecule has 0 aromatic heterocycles. The number of carbonyl (C=O) groups excluding carboxylic acids is 1. The van der Waals surface area contributed by atoms with Gasteiger partial charge in [0.1, 0.15) is 0 Å². The van der Waals surface area contributed by atoms with E-state index in [9.17, 15) is 9.59 Å². The van der Waals surface area contributed by atoms with E-state index in [-0.39, 0.29) is 16.9 Å². The monoisotopic (exact) mass is 290 g/mol. The Kier molecular flexibility index (Phi) is 4.05. The Morgan fingerprint density at radius 3 is 2.57 bits per heavy atom. The number of nitrogens with two attached hydrogens (primary N) is 1. The number of nitrogens with zero attached hydrogens (tertiary/aromatic N) is 1. The van der Waals surface area contributed by atoms with Crippen LogP contribution in [0, 0.1) is 5.41 Å². The first-order valence-electron chi connectivity index (χ1n) is 7.15. The molecule has 1 aromatic rings. The van der Waals surface area contributed by atoms with Crippen LogP contribution in [-0.2, 0) is 11.2 Å². The van der Waals surface area contributed by atoms with Crippen molar-refractivity contribution in [2.24, 2.45) is 11.1 Å². The molecule has 0 saturated carbocycles. The lowest BCUT2D eigenvalue weighted by Gasteiger charge is -2.35. The van der Waals surface area contributed by atoms with E-state index in [2.05, 4.69) is 0 Å². The average Bonchev–Trinajstić information content (AvgIpc) is 2.43. The highest BCUT2D eigenvalue weighted by atomic mass is 16.4. The van der Waals surface area contributed by atoms with Gasteiger partial charge in [-0.05, 0) is 42.0 Å². The maximum Gasteiger partial charge on any atom is 0.335 e. The molecule has 1 aromatic carbocycles. The minimum Gasteiger partial charge on any atom is -0.478 e. The summed E-state index contributed by atoms with van der Waals surface area (Å²) in [5.41, 5.74) is 7.70. The lowest BCUT2D eigenvalue weighted by atomic mass is 9.86. The summed E-state index contributed by atoms with van der Waals surface area (Å²) in [6.45, 7) is 6.44. The third kappa shape index (κ3) is 3.08. The molecular formula is C16H22N2O3. The van der Waals surface area contributed by atoms with Crippen LogP contribution in [-0.4, -0.2) is 29.6 Å². The summed E-state index contributed by atoms with van der Waals surface area (Å²) in [6, 6.07) is 4.32. The molecule has 1 atom stereocenters. The molecule has 114 valence electrons. The van der Waals surface area contributed by atoms with E-state index in [4.69, 9.17) is 10.8 Å². The number of anilines is 1. The predicted molar refractivity (Wildman–Crippen MR) is 81.5 cm³/mol. The van der Waals surface area contributed by atoms with Gasteiger partial charge < -0.3 is 15.7 Å². The maximum atomic E-state index is 12.6. The molecule has 5 heteroatoms. The van der Waals surface area contributed by atoms with Gasteiger partial charge in [0.2, 0.25) is 5.91 Å². The van der Waals surface area contributed by atoms with Crippen molar-refractivity contribution in [2.45, 2.75) is 39.7 Å². The highest BCUT2D eigenvalue weighted by Gasteiger charge is 2.33. The summed E-state index contributed by atoms with van der Waals surface area (Å²) < 4.78 is 0. The van der Waals surface area contributed by atoms with Gasteiger partial charge in [-0.3, -0.25) is 4.79 Å². The minimum absolute atomic E-state index is 0.105. The van der Waals surface area contributed by atoms with Crippen LogP contribution in [0.1, 0.15) is 43.1 Å². The Labute approximate surface area is 124 Å². The largest absolute Gasteiger partial charge is 0.478 e. The van der Waals surface area contributed by atoms with Crippen molar-refractivity contribution in [1.82, 2.24) is 0 Å². The molecule has 1 heterocycles. The standard InChI is InChI=1S/C16H22N2O3/c1-16(2,3)13(17)14(19)18-8-4-5-10-9-11(15(20)21)6-7-12(10)18/h6-7,9,13H,4-5,8,17H2,1-3H3,(H,20,21)/t13-/m1/s1. The first kappa shape index (κ1) is 15.5. The molecule has 5 nitrogen and oxygen atoms in total. The topological polar surface area (TPSA) is 83.6 Å². The maximum absolute atomic E-state index is 12.6. The van der Waals surface area contributed by atoms with Crippen LogP contribution in [0.4, 0.5) is 5.69 Å². The van der Waals surface area contributed by atoms with Crippen LogP contribution in [0.2, 0.25) is 0 Å². The van der Waals surface area contributed by atoms with E-state index < -0.39 is 12.0 Å². The van der Waals surface area contributed by atoms with Gasteiger partial charge in [-0.25, -0.2) is 4.79 Å². The molecule has 0 aliphatic carbocycles. The molecule has 21 heavy (non-hydrogen) atoms. The van der Waals surface area contributed by atoms with Gasteiger partial charge in [0, 0.05) is 12.2 Å². The SMILES string of the molecule is CC(C)(C)[C@H](N)C(=O)N1CCCc2cc(C(=O)O)ccc21. The number of carboxylic acids is 1. The second kappa shape index (κ2) is 5.48. The molecule has 1 amide bonds. The lowest BCUT2D eigenvalue weighted by molar-refractivity contribution is -0.122. The van der Waals surface area contributed by atoms with E-state index in [0.717, 1.165) is 24.1 Å². The Bertz CT molecular complexity index is 575. The number of amides is 1. The van der Waals surface area contributed by atoms with Crippen LogP contribution < -0.4 is 10.6 Å². The molecule has 3 N–H and O–H groups in total. The quantitative estimate of drug-likeness (QED) is 0.873. The third-order valence-corrected chi connectivity index (χ3v) is 3.91. The highest BCUT2D eigenvalue weighted by molar-refractivity contribution is 5.99. The van der Waals surface area contributed by atoms with E-state index in [1.165, 1.54) is 6.07 Å². The highest BCUT2D eigenvalue weighted by Crippen LogP contribution is 2.30. The fourth-order valence-corrected chi connectivity index (χ4v) is 2.50. The minimum atomic E-state index is -0.951. The van der Waals surface area contributed by atoms with Crippen molar-refractivity contribution in [2.75, 3.05) is 11.4 Å². The third-order valence-electron chi connectivity index (χ3n) is 3.91. The Hall–Kier alpha value is -1.88. The van der Waals surface area contributed by atoms with Gasteiger partial charge in [-0.1, -0.05) is 20.8 Å². The summed E-state index contributed by atoms with van der Waals surface area (Å²) >= 11 is 0. The van der Waals surface area contributed by atoms with Crippen molar-refractivity contribution in [3.63, 3.8) is 0 Å². The summed E-state index contributed by atoms with van der Waals surface area (Å²) in [5, 5.41) is 9.06. The fourth-order valence-electron chi connectivity index (χ4n) is 2.50. The van der Waals surface area contributed by atoms with Gasteiger partial charge in [0.05, 0.1) is 11.6 Å². The number of carbonyl (C=O) groups is 2.